The number of hydrogen-bond donors (Lipinski definition) is 2. The van der Waals surface area contributed by atoms with Gasteiger partial charge in [0.2, 0.25) is 0 Å². The first-order valence-corrected chi connectivity index (χ1v) is 2.24. The van der Waals surface area contributed by atoms with Crippen LogP contribution in [0.15, 0.2) is 12.7 Å². The molecule has 0 aromatic carbocycles. The summed E-state index contributed by atoms with van der Waals surface area (Å²) in [4.78, 5) is 0. The molecule has 0 fully saturated rings. The lowest BCUT2D eigenvalue weighted by molar-refractivity contribution is 0.198. The van der Waals surface area contributed by atoms with Crippen LogP contribution in [-0.2, 0) is 0 Å². The largest absolute Gasteiger partial charge is 0.387 e. The van der Waals surface area contributed by atoms with Gasteiger partial charge >= 0.3 is 0 Å². The van der Waals surface area contributed by atoms with Gasteiger partial charge < -0.3 is 10.8 Å². The molecule has 2 atom stereocenters. The van der Waals surface area contributed by atoms with Crippen LogP contribution in [0.3, 0.4) is 0 Å². The lowest BCUT2D eigenvalue weighted by atomic mass is 10.2. The maximum atomic E-state index is 8.69. The Balaban J connectivity index is 3.33. The Labute approximate surface area is 43.6 Å². The van der Waals surface area contributed by atoms with Crippen LogP contribution >= 0.6 is 0 Å². The van der Waals surface area contributed by atoms with E-state index in [-0.39, 0.29) is 6.04 Å². The van der Waals surface area contributed by atoms with E-state index in [0.29, 0.717) is 0 Å². The summed E-state index contributed by atoms with van der Waals surface area (Å²) < 4.78 is 0. The fraction of sp³-hybridized carbons (Fsp3) is 0.600. The van der Waals surface area contributed by atoms with Crippen molar-refractivity contribution >= 4 is 0 Å². The standard InChI is InChI=1S/C5H11NO/c1-3-5(7)4(2)6/h3-5,7H,1,6H2,2H3/t4-,5-/m0/s1. The highest BCUT2D eigenvalue weighted by atomic mass is 16.3. The SMILES string of the molecule is C=C[C@H](O)[C@H](C)N. The third-order valence-corrected chi connectivity index (χ3v) is 0.780. The highest BCUT2D eigenvalue weighted by Gasteiger charge is 2.00. The van der Waals surface area contributed by atoms with E-state index >= 15 is 0 Å². The summed E-state index contributed by atoms with van der Waals surface area (Å²) in [5.41, 5.74) is 5.23. The van der Waals surface area contributed by atoms with Crippen LogP contribution < -0.4 is 5.73 Å². The summed E-state index contributed by atoms with van der Waals surface area (Å²) >= 11 is 0. The molecule has 0 amide bonds. The molecule has 0 aliphatic heterocycles. The van der Waals surface area contributed by atoms with E-state index < -0.39 is 6.10 Å². The first-order chi connectivity index (χ1) is 3.18. The molecule has 0 aromatic rings. The summed E-state index contributed by atoms with van der Waals surface area (Å²) in [6.07, 6.45) is 0.866. The van der Waals surface area contributed by atoms with Crippen molar-refractivity contribution in [3.63, 3.8) is 0 Å². The highest BCUT2D eigenvalue weighted by Crippen LogP contribution is 1.86. The molecule has 0 saturated carbocycles. The van der Waals surface area contributed by atoms with Gasteiger partial charge in [0, 0.05) is 6.04 Å². The van der Waals surface area contributed by atoms with Gasteiger partial charge in [-0.3, -0.25) is 0 Å². The summed E-state index contributed by atoms with van der Waals surface area (Å²) in [6.45, 7) is 5.08. The van der Waals surface area contributed by atoms with Crippen LogP contribution in [0.1, 0.15) is 6.92 Å². The van der Waals surface area contributed by atoms with Gasteiger partial charge in [-0.1, -0.05) is 6.08 Å². The lowest BCUT2D eigenvalue weighted by Crippen LogP contribution is -2.29. The lowest BCUT2D eigenvalue weighted by Gasteiger charge is -2.06. The van der Waals surface area contributed by atoms with E-state index in [4.69, 9.17) is 10.8 Å². The minimum atomic E-state index is -0.556. The predicted molar refractivity (Wildman–Crippen MR) is 29.9 cm³/mol. The normalized spacial score (nSPS) is 18.1. The number of nitrogens with two attached hydrogens (primary N) is 1. The van der Waals surface area contributed by atoms with Crippen molar-refractivity contribution < 1.29 is 5.11 Å². The third kappa shape index (κ3) is 2.37. The minimum Gasteiger partial charge on any atom is -0.387 e. The fourth-order valence-electron chi connectivity index (χ4n) is 0.215. The van der Waals surface area contributed by atoms with Gasteiger partial charge in [0.25, 0.3) is 0 Å². The molecule has 0 aliphatic rings. The zero-order valence-electron chi connectivity index (χ0n) is 4.46. The van der Waals surface area contributed by atoms with Gasteiger partial charge in [-0.2, -0.15) is 0 Å². The molecule has 0 aromatic heterocycles. The van der Waals surface area contributed by atoms with Crippen LogP contribution in [0.4, 0.5) is 0 Å². The van der Waals surface area contributed by atoms with Crippen molar-refractivity contribution in [1.82, 2.24) is 0 Å². The third-order valence-electron chi connectivity index (χ3n) is 0.780. The van der Waals surface area contributed by atoms with E-state index in [1.807, 2.05) is 0 Å². The molecule has 0 heterocycles. The zero-order valence-corrected chi connectivity index (χ0v) is 4.46. The Morgan fingerprint density at radius 1 is 1.86 bits per heavy atom. The second kappa shape index (κ2) is 2.77. The van der Waals surface area contributed by atoms with E-state index in [1.165, 1.54) is 6.08 Å². The molecular formula is C5H11NO. The average molecular weight is 101 g/mol. The Hall–Kier alpha value is -0.340. The number of rotatable bonds is 2. The summed E-state index contributed by atoms with van der Waals surface area (Å²) in [6, 6.07) is -0.197. The molecule has 0 unspecified atom stereocenters. The van der Waals surface area contributed by atoms with Crippen molar-refractivity contribution in [1.29, 1.82) is 0 Å². The molecule has 0 rings (SSSR count). The fourth-order valence-corrected chi connectivity index (χ4v) is 0.215. The zero-order chi connectivity index (χ0) is 5.86. The molecule has 42 valence electrons. The molecular weight excluding hydrogens is 90.1 g/mol. The topological polar surface area (TPSA) is 46.2 Å². The molecule has 0 radical (unpaired) electrons. The Bertz CT molecular complexity index is 61.1. The maximum Gasteiger partial charge on any atom is 0.0866 e. The molecule has 7 heavy (non-hydrogen) atoms. The van der Waals surface area contributed by atoms with Crippen molar-refractivity contribution in [2.24, 2.45) is 5.73 Å². The predicted octanol–water partition coefficient (Wildman–Crippen LogP) is -0.120. The van der Waals surface area contributed by atoms with Gasteiger partial charge in [0.15, 0.2) is 0 Å². The van der Waals surface area contributed by atoms with E-state index in [2.05, 4.69) is 6.58 Å². The van der Waals surface area contributed by atoms with Crippen LogP contribution in [0.2, 0.25) is 0 Å². The highest BCUT2D eigenvalue weighted by molar-refractivity contribution is 4.83. The van der Waals surface area contributed by atoms with E-state index in [0.717, 1.165) is 0 Å². The Morgan fingerprint density at radius 2 is 2.29 bits per heavy atom. The van der Waals surface area contributed by atoms with Gasteiger partial charge in [-0.25, -0.2) is 0 Å². The van der Waals surface area contributed by atoms with Crippen molar-refractivity contribution in [3.8, 4) is 0 Å². The van der Waals surface area contributed by atoms with E-state index in [1.54, 1.807) is 6.92 Å². The molecule has 0 saturated heterocycles. The first kappa shape index (κ1) is 6.66. The summed E-state index contributed by atoms with van der Waals surface area (Å²) in [5, 5.41) is 8.69. The number of aliphatic hydroxyl groups excluding tert-OH is 1. The van der Waals surface area contributed by atoms with Gasteiger partial charge in [0.05, 0.1) is 6.10 Å². The van der Waals surface area contributed by atoms with Gasteiger partial charge in [-0.05, 0) is 6.92 Å². The van der Waals surface area contributed by atoms with E-state index in [9.17, 15) is 0 Å². The second-order valence-corrected chi connectivity index (χ2v) is 1.59. The Morgan fingerprint density at radius 3 is 2.29 bits per heavy atom. The van der Waals surface area contributed by atoms with Gasteiger partial charge in [0.1, 0.15) is 0 Å². The van der Waals surface area contributed by atoms with Crippen molar-refractivity contribution in [2.75, 3.05) is 0 Å². The van der Waals surface area contributed by atoms with Crippen LogP contribution in [0.25, 0.3) is 0 Å². The van der Waals surface area contributed by atoms with Crippen LogP contribution in [-0.4, -0.2) is 17.3 Å². The number of hydrogen-bond acceptors (Lipinski definition) is 2. The van der Waals surface area contributed by atoms with Crippen LogP contribution in [0, 0.1) is 0 Å². The smallest absolute Gasteiger partial charge is 0.0866 e. The maximum absolute atomic E-state index is 8.69. The van der Waals surface area contributed by atoms with Crippen molar-refractivity contribution in [3.05, 3.63) is 12.7 Å². The average Bonchev–Trinajstić information content (AvgIpc) is 1.65. The van der Waals surface area contributed by atoms with Gasteiger partial charge in [-0.15, -0.1) is 6.58 Å². The quantitative estimate of drug-likeness (QED) is 0.476. The second-order valence-electron chi connectivity index (χ2n) is 1.59. The van der Waals surface area contributed by atoms with Crippen LogP contribution in [0.5, 0.6) is 0 Å². The molecule has 3 N–H and O–H groups in total. The first-order valence-electron chi connectivity index (χ1n) is 2.24. The van der Waals surface area contributed by atoms with Crippen molar-refractivity contribution in [2.45, 2.75) is 19.1 Å². The monoisotopic (exact) mass is 101 g/mol. The molecule has 2 nitrogen and oxygen atoms in total. The summed E-state index contributed by atoms with van der Waals surface area (Å²) in [7, 11) is 0. The number of aliphatic hydroxyl groups is 1. The Kier molecular flexibility index (Phi) is 2.64. The summed E-state index contributed by atoms with van der Waals surface area (Å²) in [5.74, 6) is 0. The molecule has 0 spiro atoms. The molecule has 0 aliphatic carbocycles. The molecule has 0 bridgehead atoms. The minimum absolute atomic E-state index is 0.197. The molecule has 2 heteroatoms.